The van der Waals surface area contributed by atoms with Crippen LogP contribution in [-0.4, -0.2) is 37.2 Å². The summed E-state index contributed by atoms with van der Waals surface area (Å²) in [5, 5.41) is 3.50. The number of nitrogens with zero attached hydrogens (tertiary/aromatic N) is 1. The maximum atomic E-state index is 5.95. The van der Waals surface area contributed by atoms with E-state index in [0.29, 0.717) is 6.04 Å². The van der Waals surface area contributed by atoms with Crippen molar-refractivity contribution in [1.29, 1.82) is 0 Å². The Hall–Kier alpha value is -1.42. The first kappa shape index (κ1) is 16.0. The standard InChI is InChI=1S/C17H29N3O/c1-3-9-21-17-11-15(18)10-16(12-17)19-13-14(2)20-7-5-4-6-8-20/h10-12,14,19H,3-9,13,18H2,1-2H3. The second-order valence-corrected chi connectivity index (χ2v) is 5.97. The molecular weight excluding hydrogens is 262 g/mol. The van der Waals surface area contributed by atoms with Crippen molar-refractivity contribution in [2.24, 2.45) is 0 Å². The number of nitrogens with two attached hydrogens (primary N) is 1. The minimum atomic E-state index is 0.548. The number of piperidine rings is 1. The van der Waals surface area contributed by atoms with Gasteiger partial charge in [-0.05, 0) is 45.3 Å². The molecule has 3 N–H and O–H groups in total. The van der Waals surface area contributed by atoms with E-state index in [9.17, 15) is 0 Å². The molecular formula is C17H29N3O. The fourth-order valence-corrected chi connectivity index (χ4v) is 2.78. The maximum Gasteiger partial charge on any atom is 0.123 e. The predicted molar refractivity (Wildman–Crippen MR) is 90.0 cm³/mol. The number of hydrogen-bond donors (Lipinski definition) is 2. The first-order valence-electron chi connectivity index (χ1n) is 8.20. The zero-order valence-electron chi connectivity index (χ0n) is 13.4. The van der Waals surface area contributed by atoms with E-state index in [0.717, 1.165) is 36.7 Å². The molecule has 1 heterocycles. The number of benzene rings is 1. The molecule has 0 aromatic heterocycles. The van der Waals surface area contributed by atoms with Crippen molar-refractivity contribution in [2.45, 2.75) is 45.6 Å². The lowest BCUT2D eigenvalue weighted by molar-refractivity contribution is 0.180. The monoisotopic (exact) mass is 291 g/mol. The second kappa shape index (κ2) is 8.13. The van der Waals surface area contributed by atoms with Crippen LogP contribution in [0.4, 0.5) is 11.4 Å². The lowest BCUT2D eigenvalue weighted by Crippen LogP contribution is -2.41. The van der Waals surface area contributed by atoms with E-state index < -0.39 is 0 Å². The Balaban J connectivity index is 1.87. The topological polar surface area (TPSA) is 50.5 Å². The molecule has 1 aromatic rings. The molecule has 21 heavy (non-hydrogen) atoms. The fraction of sp³-hybridized carbons (Fsp3) is 0.647. The molecule has 0 amide bonds. The molecule has 1 atom stereocenters. The number of nitrogens with one attached hydrogen (secondary N) is 1. The van der Waals surface area contributed by atoms with Crippen LogP contribution in [0.1, 0.15) is 39.5 Å². The lowest BCUT2D eigenvalue weighted by Gasteiger charge is -2.32. The first-order valence-corrected chi connectivity index (χ1v) is 8.20. The van der Waals surface area contributed by atoms with Crippen LogP contribution >= 0.6 is 0 Å². The van der Waals surface area contributed by atoms with E-state index in [1.807, 2.05) is 18.2 Å². The molecule has 2 rings (SSSR count). The summed E-state index contributed by atoms with van der Waals surface area (Å²) >= 11 is 0. The van der Waals surface area contributed by atoms with Crippen LogP contribution in [0, 0.1) is 0 Å². The molecule has 0 aliphatic carbocycles. The second-order valence-electron chi connectivity index (χ2n) is 5.97. The van der Waals surface area contributed by atoms with Crippen molar-refractivity contribution in [1.82, 2.24) is 4.90 Å². The van der Waals surface area contributed by atoms with Crippen LogP contribution < -0.4 is 15.8 Å². The van der Waals surface area contributed by atoms with Gasteiger partial charge in [0.05, 0.1) is 6.61 Å². The molecule has 1 aromatic carbocycles. The molecule has 4 heteroatoms. The third kappa shape index (κ3) is 5.12. The van der Waals surface area contributed by atoms with Gasteiger partial charge in [0, 0.05) is 36.1 Å². The van der Waals surface area contributed by atoms with Gasteiger partial charge in [0.1, 0.15) is 5.75 Å². The van der Waals surface area contributed by atoms with Crippen LogP contribution in [0.25, 0.3) is 0 Å². The maximum absolute atomic E-state index is 5.95. The zero-order chi connectivity index (χ0) is 15.1. The number of anilines is 2. The molecule has 0 radical (unpaired) electrons. The fourth-order valence-electron chi connectivity index (χ4n) is 2.78. The average Bonchev–Trinajstić information content (AvgIpc) is 2.51. The number of hydrogen-bond acceptors (Lipinski definition) is 4. The highest BCUT2D eigenvalue weighted by Gasteiger charge is 2.16. The van der Waals surface area contributed by atoms with Crippen LogP contribution in [0.2, 0.25) is 0 Å². The summed E-state index contributed by atoms with van der Waals surface area (Å²) in [6, 6.07) is 6.44. The Kier molecular flexibility index (Phi) is 6.18. The predicted octanol–water partition coefficient (Wildman–Crippen LogP) is 3.34. The third-order valence-corrected chi connectivity index (χ3v) is 4.02. The summed E-state index contributed by atoms with van der Waals surface area (Å²) in [4.78, 5) is 2.57. The van der Waals surface area contributed by atoms with E-state index in [4.69, 9.17) is 10.5 Å². The van der Waals surface area contributed by atoms with Gasteiger partial charge in [-0.25, -0.2) is 0 Å². The Morgan fingerprint density at radius 1 is 1.24 bits per heavy atom. The SMILES string of the molecule is CCCOc1cc(N)cc(NCC(C)N2CCCCC2)c1. The van der Waals surface area contributed by atoms with Crippen LogP contribution in [0.5, 0.6) is 5.75 Å². The number of nitrogen functional groups attached to an aromatic ring is 1. The largest absolute Gasteiger partial charge is 0.493 e. The summed E-state index contributed by atoms with van der Waals surface area (Å²) in [5.41, 5.74) is 7.74. The van der Waals surface area contributed by atoms with Crippen molar-refractivity contribution in [2.75, 3.05) is 37.3 Å². The molecule has 1 fully saturated rings. The van der Waals surface area contributed by atoms with E-state index in [1.54, 1.807) is 0 Å². The van der Waals surface area contributed by atoms with Gasteiger partial charge in [0.25, 0.3) is 0 Å². The van der Waals surface area contributed by atoms with Crippen molar-refractivity contribution in [3.05, 3.63) is 18.2 Å². The smallest absolute Gasteiger partial charge is 0.123 e. The van der Waals surface area contributed by atoms with Gasteiger partial charge in [0.15, 0.2) is 0 Å². The van der Waals surface area contributed by atoms with E-state index >= 15 is 0 Å². The highest BCUT2D eigenvalue weighted by atomic mass is 16.5. The van der Waals surface area contributed by atoms with Gasteiger partial charge in [-0.15, -0.1) is 0 Å². The van der Waals surface area contributed by atoms with Gasteiger partial charge in [-0.2, -0.15) is 0 Å². The Labute approximate surface area is 128 Å². The molecule has 1 aliphatic rings. The van der Waals surface area contributed by atoms with Crippen molar-refractivity contribution < 1.29 is 4.74 Å². The molecule has 0 spiro atoms. The van der Waals surface area contributed by atoms with E-state index in [-0.39, 0.29) is 0 Å². The number of rotatable bonds is 7. The molecule has 0 bridgehead atoms. The van der Waals surface area contributed by atoms with Crippen molar-refractivity contribution >= 4 is 11.4 Å². The van der Waals surface area contributed by atoms with E-state index in [1.165, 1.54) is 32.4 Å². The van der Waals surface area contributed by atoms with Crippen molar-refractivity contribution in [3.8, 4) is 5.75 Å². The summed E-state index contributed by atoms with van der Waals surface area (Å²) < 4.78 is 5.67. The molecule has 1 saturated heterocycles. The normalized spacial score (nSPS) is 17.4. The number of ether oxygens (including phenoxy) is 1. The summed E-state index contributed by atoms with van der Waals surface area (Å²) in [6.45, 7) is 8.52. The van der Waals surface area contributed by atoms with E-state index in [2.05, 4.69) is 24.1 Å². The summed E-state index contributed by atoms with van der Waals surface area (Å²) in [6.07, 6.45) is 5.04. The third-order valence-electron chi connectivity index (χ3n) is 4.02. The van der Waals surface area contributed by atoms with Gasteiger partial charge in [0.2, 0.25) is 0 Å². The van der Waals surface area contributed by atoms with Gasteiger partial charge in [-0.3, -0.25) is 4.90 Å². The van der Waals surface area contributed by atoms with Gasteiger partial charge >= 0.3 is 0 Å². The Bertz CT molecular complexity index is 430. The minimum absolute atomic E-state index is 0.548. The van der Waals surface area contributed by atoms with Gasteiger partial charge < -0.3 is 15.8 Å². The first-order chi connectivity index (χ1) is 10.2. The molecule has 0 saturated carbocycles. The quantitative estimate of drug-likeness (QED) is 0.757. The minimum Gasteiger partial charge on any atom is -0.493 e. The summed E-state index contributed by atoms with van der Waals surface area (Å²) in [5.74, 6) is 0.852. The molecule has 1 aliphatic heterocycles. The molecule has 1 unspecified atom stereocenters. The highest BCUT2D eigenvalue weighted by Crippen LogP contribution is 2.23. The lowest BCUT2D eigenvalue weighted by atomic mass is 10.1. The summed E-state index contributed by atoms with van der Waals surface area (Å²) in [7, 11) is 0. The van der Waals surface area contributed by atoms with Gasteiger partial charge in [-0.1, -0.05) is 13.3 Å². The molecule has 118 valence electrons. The van der Waals surface area contributed by atoms with Crippen LogP contribution in [0.3, 0.4) is 0 Å². The number of likely N-dealkylation sites (tertiary alicyclic amines) is 1. The molecule has 4 nitrogen and oxygen atoms in total. The Morgan fingerprint density at radius 2 is 2.00 bits per heavy atom. The highest BCUT2D eigenvalue weighted by molar-refractivity contribution is 5.59. The van der Waals surface area contributed by atoms with Crippen molar-refractivity contribution in [3.63, 3.8) is 0 Å². The zero-order valence-corrected chi connectivity index (χ0v) is 13.4. The van der Waals surface area contributed by atoms with Crippen LogP contribution in [-0.2, 0) is 0 Å². The average molecular weight is 291 g/mol. The Morgan fingerprint density at radius 3 is 2.71 bits per heavy atom. The van der Waals surface area contributed by atoms with Crippen LogP contribution in [0.15, 0.2) is 18.2 Å².